The number of aryl methyl sites for hydroxylation is 3. The molecule has 0 spiro atoms. The van der Waals surface area contributed by atoms with Crippen LogP contribution in [0.4, 0.5) is 0 Å². The Bertz CT molecular complexity index is 596. The lowest BCUT2D eigenvalue weighted by Crippen LogP contribution is -2.11. The summed E-state index contributed by atoms with van der Waals surface area (Å²) in [6.07, 6.45) is 0. The highest BCUT2D eigenvalue weighted by atomic mass is 15.3. The van der Waals surface area contributed by atoms with E-state index in [4.69, 9.17) is 5.73 Å². The van der Waals surface area contributed by atoms with Crippen LogP contribution < -0.4 is 5.73 Å². The molecule has 96 valence electrons. The Labute approximate surface area is 108 Å². The van der Waals surface area contributed by atoms with E-state index in [1.165, 1.54) is 5.56 Å². The van der Waals surface area contributed by atoms with Gasteiger partial charge in [-0.15, -0.1) is 0 Å². The summed E-state index contributed by atoms with van der Waals surface area (Å²) in [7, 11) is 0. The average Bonchev–Trinajstić information content (AvgIpc) is 2.56. The van der Waals surface area contributed by atoms with Crippen LogP contribution in [0.3, 0.4) is 0 Å². The van der Waals surface area contributed by atoms with Gasteiger partial charge in [0.25, 0.3) is 0 Å². The normalized spacial score (nSPS) is 11.0. The summed E-state index contributed by atoms with van der Waals surface area (Å²) < 4.78 is 1.98. The molecular weight excluding hydrogens is 224 g/mol. The van der Waals surface area contributed by atoms with Gasteiger partial charge in [-0.05, 0) is 46.2 Å². The van der Waals surface area contributed by atoms with Gasteiger partial charge in [0.2, 0.25) is 0 Å². The molecule has 0 amide bonds. The minimum atomic E-state index is 0.478. The third kappa shape index (κ3) is 1.93. The number of pyridine rings is 1. The van der Waals surface area contributed by atoms with E-state index in [0.29, 0.717) is 6.54 Å². The summed E-state index contributed by atoms with van der Waals surface area (Å²) in [4.78, 5) is 4.47. The van der Waals surface area contributed by atoms with E-state index in [1.807, 2.05) is 31.5 Å². The van der Waals surface area contributed by atoms with Crippen LogP contribution >= 0.6 is 0 Å². The number of hydrogen-bond acceptors (Lipinski definition) is 3. The minimum absolute atomic E-state index is 0.478. The van der Waals surface area contributed by atoms with Crippen molar-refractivity contribution in [1.29, 1.82) is 0 Å². The Morgan fingerprint density at radius 2 is 1.78 bits per heavy atom. The van der Waals surface area contributed by atoms with Crippen molar-refractivity contribution in [2.24, 2.45) is 5.73 Å². The fourth-order valence-corrected chi connectivity index (χ4v) is 2.23. The predicted octanol–water partition coefficient (Wildman–Crippen LogP) is 2.27. The zero-order valence-corrected chi connectivity index (χ0v) is 11.7. The SMILES string of the molecule is Cc1cc(-n2nc(C)c(C)c2C)c(CN)c(C)n1. The van der Waals surface area contributed by atoms with Crippen LogP contribution in [0.1, 0.15) is 33.9 Å². The molecule has 0 radical (unpaired) electrons. The van der Waals surface area contributed by atoms with Gasteiger partial charge in [0.05, 0.1) is 11.4 Å². The van der Waals surface area contributed by atoms with Gasteiger partial charge in [-0.3, -0.25) is 4.98 Å². The van der Waals surface area contributed by atoms with Crippen LogP contribution in [0, 0.1) is 34.6 Å². The van der Waals surface area contributed by atoms with Crippen molar-refractivity contribution in [2.45, 2.75) is 41.2 Å². The smallest absolute Gasteiger partial charge is 0.0729 e. The third-order valence-electron chi connectivity index (χ3n) is 3.52. The largest absolute Gasteiger partial charge is 0.326 e. The highest BCUT2D eigenvalue weighted by Gasteiger charge is 2.14. The maximum absolute atomic E-state index is 5.85. The zero-order valence-electron chi connectivity index (χ0n) is 11.7. The number of nitrogens with two attached hydrogens (primary N) is 1. The van der Waals surface area contributed by atoms with Crippen LogP contribution in [0.25, 0.3) is 5.69 Å². The Kier molecular flexibility index (Phi) is 3.22. The average molecular weight is 244 g/mol. The molecule has 2 aromatic rings. The second kappa shape index (κ2) is 4.53. The van der Waals surface area contributed by atoms with E-state index < -0.39 is 0 Å². The molecule has 0 aromatic carbocycles. The quantitative estimate of drug-likeness (QED) is 0.881. The van der Waals surface area contributed by atoms with E-state index in [-0.39, 0.29) is 0 Å². The van der Waals surface area contributed by atoms with Gasteiger partial charge in [-0.1, -0.05) is 0 Å². The first kappa shape index (κ1) is 12.8. The monoisotopic (exact) mass is 244 g/mol. The second-order valence-electron chi connectivity index (χ2n) is 4.76. The number of aromatic nitrogens is 3. The van der Waals surface area contributed by atoms with Crippen molar-refractivity contribution < 1.29 is 0 Å². The van der Waals surface area contributed by atoms with Gasteiger partial charge in [-0.25, -0.2) is 4.68 Å². The van der Waals surface area contributed by atoms with E-state index in [9.17, 15) is 0 Å². The molecule has 2 heterocycles. The molecule has 0 aliphatic heterocycles. The molecule has 0 saturated heterocycles. The molecule has 2 rings (SSSR count). The molecule has 2 N–H and O–H groups in total. The Balaban J connectivity index is 2.73. The topological polar surface area (TPSA) is 56.7 Å². The van der Waals surface area contributed by atoms with Crippen molar-refractivity contribution in [3.63, 3.8) is 0 Å². The highest BCUT2D eigenvalue weighted by Crippen LogP contribution is 2.22. The van der Waals surface area contributed by atoms with Gasteiger partial charge < -0.3 is 5.73 Å². The fourth-order valence-electron chi connectivity index (χ4n) is 2.23. The molecule has 0 unspecified atom stereocenters. The van der Waals surface area contributed by atoms with Crippen molar-refractivity contribution in [3.05, 3.63) is 40.0 Å². The Morgan fingerprint density at radius 3 is 2.28 bits per heavy atom. The van der Waals surface area contributed by atoms with E-state index in [2.05, 4.69) is 23.9 Å². The molecule has 0 aliphatic carbocycles. The van der Waals surface area contributed by atoms with Gasteiger partial charge in [0, 0.05) is 29.2 Å². The minimum Gasteiger partial charge on any atom is -0.326 e. The first-order valence-electron chi connectivity index (χ1n) is 6.16. The molecule has 2 aromatic heterocycles. The number of nitrogens with zero attached hydrogens (tertiary/aromatic N) is 3. The molecule has 18 heavy (non-hydrogen) atoms. The lowest BCUT2D eigenvalue weighted by molar-refractivity contribution is 0.805. The van der Waals surface area contributed by atoms with Crippen LogP contribution in [-0.4, -0.2) is 14.8 Å². The van der Waals surface area contributed by atoms with E-state index in [0.717, 1.165) is 34.0 Å². The van der Waals surface area contributed by atoms with Crippen molar-refractivity contribution >= 4 is 0 Å². The molecule has 0 bridgehead atoms. The molecule has 0 atom stereocenters. The Morgan fingerprint density at radius 1 is 1.11 bits per heavy atom. The van der Waals surface area contributed by atoms with Crippen molar-refractivity contribution in [2.75, 3.05) is 0 Å². The molecule has 4 nitrogen and oxygen atoms in total. The maximum Gasteiger partial charge on any atom is 0.0729 e. The van der Waals surface area contributed by atoms with Gasteiger partial charge in [0.1, 0.15) is 0 Å². The summed E-state index contributed by atoms with van der Waals surface area (Å²) >= 11 is 0. The number of hydrogen-bond donors (Lipinski definition) is 1. The molecule has 4 heteroatoms. The van der Waals surface area contributed by atoms with Gasteiger partial charge >= 0.3 is 0 Å². The zero-order chi connectivity index (χ0) is 13.4. The lowest BCUT2D eigenvalue weighted by Gasteiger charge is -2.13. The second-order valence-corrected chi connectivity index (χ2v) is 4.76. The standard InChI is InChI=1S/C14H20N4/c1-8-6-14(13(7-15)11(4)16-8)18-12(5)9(2)10(3)17-18/h6H,7,15H2,1-5H3. The van der Waals surface area contributed by atoms with Gasteiger partial charge in [-0.2, -0.15) is 5.10 Å². The summed E-state index contributed by atoms with van der Waals surface area (Å²) in [6.45, 7) is 10.7. The third-order valence-corrected chi connectivity index (χ3v) is 3.52. The molecule has 0 fully saturated rings. The van der Waals surface area contributed by atoms with Crippen molar-refractivity contribution in [1.82, 2.24) is 14.8 Å². The van der Waals surface area contributed by atoms with Crippen LogP contribution in [-0.2, 0) is 6.54 Å². The van der Waals surface area contributed by atoms with E-state index in [1.54, 1.807) is 0 Å². The first-order chi connectivity index (χ1) is 8.45. The molecular formula is C14H20N4. The Hall–Kier alpha value is -1.68. The number of rotatable bonds is 2. The van der Waals surface area contributed by atoms with Gasteiger partial charge in [0.15, 0.2) is 0 Å². The summed E-state index contributed by atoms with van der Waals surface area (Å²) in [5, 5.41) is 4.60. The van der Waals surface area contributed by atoms with Crippen molar-refractivity contribution in [3.8, 4) is 5.69 Å². The summed E-state index contributed by atoms with van der Waals surface area (Å²) in [5.41, 5.74) is 13.4. The highest BCUT2D eigenvalue weighted by molar-refractivity contribution is 5.46. The fraction of sp³-hybridized carbons (Fsp3) is 0.429. The van der Waals surface area contributed by atoms with Crippen LogP contribution in [0.5, 0.6) is 0 Å². The molecule has 0 saturated carbocycles. The summed E-state index contributed by atoms with van der Waals surface area (Å²) in [6, 6.07) is 2.05. The lowest BCUT2D eigenvalue weighted by atomic mass is 10.1. The predicted molar refractivity (Wildman–Crippen MR) is 72.9 cm³/mol. The first-order valence-corrected chi connectivity index (χ1v) is 6.16. The summed E-state index contributed by atoms with van der Waals surface area (Å²) in [5.74, 6) is 0. The molecule has 0 aliphatic rings. The van der Waals surface area contributed by atoms with Crippen LogP contribution in [0.2, 0.25) is 0 Å². The van der Waals surface area contributed by atoms with Crippen LogP contribution in [0.15, 0.2) is 6.07 Å². The maximum atomic E-state index is 5.85. The van der Waals surface area contributed by atoms with E-state index >= 15 is 0 Å².